The van der Waals surface area contributed by atoms with Crippen molar-refractivity contribution in [3.63, 3.8) is 0 Å². The van der Waals surface area contributed by atoms with Gasteiger partial charge in [-0.2, -0.15) is 0 Å². The normalized spacial score (nSPS) is 10.8. The highest BCUT2D eigenvalue weighted by Gasteiger charge is 2.15. The maximum atomic E-state index is 14.6. The van der Waals surface area contributed by atoms with E-state index in [1.165, 1.54) is 13.2 Å². The summed E-state index contributed by atoms with van der Waals surface area (Å²) in [6.45, 7) is 4.64. The topological polar surface area (TPSA) is 81.9 Å². The zero-order valence-corrected chi connectivity index (χ0v) is 16.8. The van der Waals surface area contributed by atoms with Crippen LogP contribution in [-0.4, -0.2) is 32.4 Å². The molecule has 0 radical (unpaired) electrons. The molecule has 0 fully saturated rings. The zero-order valence-electron chi connectivity index (χ0n) is 16.8. The molecule has 3 rings (SSSR count). The zero-order chi connectivity index (χ0) is 20.8. The van der Waals surface area contributed by atoms with Crippen LogP contribution >= 0.6 is 0 Å². The molecule has 0 spiro atoms. The highest BCUT2D eigenvalue weighted by atomic mass is 19.1. The first-order chi connectivity index (χ1) is 14.0. The first kappa shape index (κ1) is 20.4. The Bertz CT molecular complexity index is 985. The SMILES string of the molecule is CCC(=O)c1cc(CCc2cnc(Nc3cn(CC)cn3)nc2)c(F)c(OC)c1. The molecule has 0 atom stereocenters. The average Bonchev–Trinajstić information content (AvgIpc) is 3.21. The van der Waals surface area contributed by atoms with Crippen molar-refractivity contribution in [2.45, 2.75) is 39.7 Å². The lowest BCUT2D eigenvalue weighted by atomic mass is 10.00. The number of ketones is 1. The number of aromatic nitrogens is 4. The van der Waals surface area contributed by atoms with Crippen LogP contribution < -0.4 is 10.1 Å². The van der Waals surface area contributed by atoms with Crippen molar-refractivity contribution in [1.29, 1.82) is 0 Å². The van der Waals surface area contributed by atoms with Gasteiger partial charge in [0.25, 0.3) is 0 Å². The molecule has 1 N–H and O–H groups in total. The lowest BCUT2D eigenvalue weighted by molar-refractivity contribution is 0.0987. The summed E-state index contributed by atoms with van der Waals surface area (Å²) in [5.74, 6) is 0.714. The molecule has 152 valence electrons. The number of imidazole rings is 1. The molecule has 0 aliphatic carbocycles. The van der Waals surface area contributed by atoms with E-state index in [1.54, 1.807) is 31.7 Å². The minimum absolute atomic E-state index is 0.0474. The second-order valence-corrected chi connectivity index (χ2v) is 6.56. The second kappa shape index (κ2) is 9.27. The number of carbonyl (C=O) groups is 1. The lowest BCUT2D eigenvalue weighted by Gasteiger charge is -2.10. The van der Waals surface area contributed by atoms with Gasteiger partial charge in [-0.05, 0) is 43.0 Å². The smallest absolute Gasteiger partial charge is 0.228 e. The van der Waals surface area contributed by atoms with E-state index in [9.17, 15) is 9.18 Å². The van der Waals surface area contributed by atoms with E-state index in [2.05, 4.69) is 20.3 Å². The van der Waals surface area contributed by atoms with E-state index in [1.807, 2.05) is 17.7 Å². The van der Waals surface area contributed by atoms with E-state index in [4.69, 9.17) is 4.74 Å². The van der Waals surface area contributed by atoms with Gasteiger partial charge >= 0.3 is 0 Å². The summed E-state index contributed by atoms with van der Waals surface area (Å²) >= 11 is 0. The van der Waals surface area contributed by atoms with E-state index in [0.717, 1.165) is 12.1 Å². The number of ether oxygens (including phenoxy) is 1. The largest absolute Gasteiger partial charge is 0.494 e. The molecular weight excluding hydrogens is 373 g/mol. The van der Waals surface area contributed by atoms with E-state index in [-0.39, 0.29) is 11.5 Å². The number of hydrogen-bond acceptors (Lipinski definition) is 6. The number of rotatable bonds is 9. The van der Waals surface area contributed by atoms with Gasteiger partial charge in [0.05, 0.1) is 13.4 Å². The third-order valence-corrected chi connectivity index (χ3v) is 4.60. The van der Waals surface area contributed by atoms with Crippen LogP contribution in [-0.2, 0) is 19.4 Å². The van der Waals surface area contributed by atoms with Gasteiger partial charge in [-0.3, -0.25) is 4.79 Å². The molecule has 0 aliphatic heterocycles. The first-order valence-electron chi connectivity index (χ1n) is 9.53. The number of aryl methyl sites for hydroxylation is 3. The molecule has 7 nitrogen and oxygen atoms in total. The van der Waals surface area contributed by atoms with Crippen molar-refractivity contribution < 1.29 is 13.9 Å². The number of methoxy groups -OCH3 is 1. The minimum Gasteiger partial charge on any atom is -0.494 e. The van der Waals surface area contributed by atoms with Gasteiger partial charge < -0.3 is 14.6 Å². The molecule has 2 heterocycles. The number of halogens is 1. The molecule has 0 saturated heterocycles. The Morgan fingerprint density at radius 3 is 2.55 bits per heavy atom. The quantitative estimate of drug-likeness (QED) is 0.551. The summed E-state index contributed by atoms with van der Waals surface area (Å²) in [6, 6.07) is 3.05. The van der Waals surface area contributed by atoms with Crippen molar-refractivity contribution >= 4 is 17.5 Å². The van der Waals surface area contributed by atoms with Crippen molar-refractivity contribution in [3.05, 3.63) is 59.6 Å². The van der Waals surface area contributed by atoms with Crippen molar-refractivity contribution in [3.8, 4) is 5.75 Å². The van der Waals surface area contributed by atoms with Crippen LogP contribution in [0.2, 0.25) is 0 Å². The molecule has 0 saturated carbocycles. The molecule has 1 aromatic carbocycles. The van der Waals surface area contributed by atoms with Crippen LogP contribution in [0.5, 0.6) is 5.75 Å². The molecule has 3 aromatic rings. The Labute approximate surface area is 169 Å². The molecule has 0 amide bonds. The number of nitrogens with zero attached hydrogens (tertiary/aromatic N) is 4. The monoisotopic (exact) mass is 397 g/mol. The number of Topliss-reactive ketones (excluding diaryl/α,β-unsaturated/α-hetero) is 1. The van der Waals surface area contributed by atoms with Gasteiger partial charge in [-0.25, -0.2) is 19.3 Å². The Balaban J connectivity index is 1.68. The van der Waals surface area contributed by atoms with Crippen LogP contribution in [0.25, 0.3) is 0 Å². The molecule has 2 aromatic heterocycles. The van der Waals surface area contributed by atoms with Gasteiger partial charge in [0.15, 0.2) is 23.2 Å². The molecule has 29 heavy (non-hydrogen) atoms. The summed E-state index contributed by atoms with van der Waals surface area (Å²) in [5.41, 5.74) is 1.76. The van der Waals surface area contributed by atoms with E-state index < -0.39 is 5.82 Å². The number of anilines is 2. The maximum Gasteiger partial charge on any atom is 0.228 e. The molecular formula is C21H24FN5O2. The molecule has 0 aliphatic rings. The fourth-order valence-corrected chi connectivity index (χ4v) is 2.89. The van der Waals surface area contributed by atoms with Crippen molar-refractivity contribution in [1.82, 2.24) is 19.5 Å². The molecule has 0 unspecified atom stereocenters. The van der Waals surface area contributed by atoms with Crippen LogP contribution in [0.4, 0.5) is 16.2 Å². The average molecular weight is 397 g/mol. The highest BCUT2D eigenvalue weighted by Crippen LogP contribution is 2.25. The standard InChI is InChI=1S/C21H24FN5O2/c1-4-17(28)16-8-15(20(22)18(9-16)29-3)7-6-14-10-23-21(24-11-14)26-19-12-27(5-2)13-25-19/h8-13H,4-7H2,1-3H3,(H,23,24,26). The Morgan fingerprint density at radius 1 is 1.17 bits per heavy atom. The van der Waals surface area contributed by atoms with Crippen LogP contribution in [0, 0.1) is 5.82 Å². The Hall–Kier alpha value is -3.29. The number of nitrogens with one attached hydrogen (secondary N) is 1. The predicted molar refractivity (Wildman–Crippen MR) is 108 cm³/mol. The van der Waals surface area contributed by atoms with Crippen LogP contribution in [0.1, 0.15) is 41.8 Å². The summed E-state index contributed by atoms with van der Waals surface area (Å²) in [5, 5.41) is 3.04. The number of benzene rings is 1. The Kier molecular flexibility index (Phi) is 6.54. The number of hydrogen-bond donors (Lipinski definition) is 1. The van der Waals surface area contributed by atoms with Crippen LogP contribution in [0.3, 0.4) is 0 Å². The third-order valence-electron chi connectivity index (χ3n) is 4.60. The Morgan fingerprint density at radius 2 is 1.93 bits per heavy atom. The van der Waals surface area contributed by atoms with Gasteiger partial charge in [-0.1, -0.05) is 6.92 Å². The predicted octanol–water partition coefficient (Wildman–Crippen LogP) is 3.96. The maximum absolute atomic E-state index is 14.6. The highest BCUT2D eigenvalue weighted by molar-refractivity contribution is 5.96. The fourth-order valence-electron chi connectivity index (χ4n) is 2.89. The van der Waals surface area contributed by atoms with Gasteiger partial charge in [0.1, 0.15) is 0 Å². The third kappa shape index (κ3) is 4.96. The van der Waals surface area contributed by atoms with Gasteiger partial charge in [0.2, 0.25) is 5.95 Å². The van der Waals surface area contributed by atoms with E-state index >= 15 is 0 Å². The number of carbonyl (C=O) groups excluding carboxylic acids is 1. The van der Waals surface area contributed by atoms with Crippen LogP contribution in [0.15, 0.2) is 37.1 Å². The van der Waals surface area contributed by atoms with E-state index in [0.29, 0.717) is 42.2 Å². The summed E-state index contributed by atoms with van der Waals surface area (Å²) in [7, 11) is 1.39. The van der Waals surface area contributed by atoms with Crippen molar-refractivity contribution in [2.75, 3.05) is 12.4 Å². The fraction of sp³-hybridized carbons (Fsp3) is 0.333. The van der Waals surface area contributed by atoms with Crippen molar-refractivity contribution in [2.24, 2.45) is 0 Å². The first-order valence-corrected chi connectivity index (χ1v) is 9.53. The summed E-state index contributed by atoms with van der Waals surface area (Å²) in [4.78, 5) is 24.8. The second-order valence-electron chi connectivity index (χ2n) is 6.56. The summed E-state index contributed by atoms with van der Waals surface area (Å²) < 4.78 is 21.6. The van der Waals surface area contributed by atoms with Gasteiger partial charge in [-0.15, -0.1) is 0 Å². The minimum atomic E-state index is -0.439. The lowest BCUT2D eigenvalue weighted by Crippen LogP contribution is -2.04. The molecule has 0 bridgehead atoms. The molecule has 8 heteroatoms. The van der Waals surface area contributed by atoms with Gasteiger partial charge in [0, 0.05) is 37.1 Å². The summed E-state index contributed by atoms with van der Waals surface area (Å²) in [6.07, 6.45) is 8.30.